The first-order chi connectivity index (χ1) is 9.74. The number of halogens is 2. The van der Waals surface area contributed by atoms with E-state index in [-0.39, 0.29) is 0 Å². The molecule has 1 aromatic heterocycles. The van der Waals surface area contributed by atoms with E-state index in [9.17, 15) is 8.78 Å². The molecular formula is C16H13F2NO. The third kappa shape index (κ3) is 2.56. The van der Waals surface area contributed by atoms with Crippen molar-refractivity contribution < 1.29 is 13.2 Å². The van der Waals surface area contributed by atoms with Gasteiger partial charge < -0.3 is 9.73 Å². The van der Waals surface area contributed by atoms with E-state index < -0.39 is 11.6 Å². The number of rotatable bonds is 4. The van der Waals surface area contributed by atoms with Gasteiger partial charge in [0.2, 0.25) is 0 Å². The van der Waals surface area contributed by atoms with Crippen LogP contribution in [-0.2, 0) is 13.1 Å². The highest BCUT2D eigenvalue weighted by atomic mass is 19.1. The van der Waals surface area contributed by atoms with Crippen LogP contribution in [0.1, 0.15) is 11.1 Å². The summed E-state index contributed by atoms with van der Waals surface area (Å²) in [5.41, 5.74) is 2.29. The summed E-state index contributed by atoms with van der Waals surface area (Å²) >= 11 is 0. The van der Waals surface area contributed by atoms with E-state index in [1.165, 1.54) is 12.1 Å². The molecule has 0 saturated carbocycles. The van der Waals surface area contributed by atoms with Crippen molar-refractivity contribution in [1.82, 2.24) is 5.32 Å². The lowest BCUT2D eigenvalue weighted by atomic mass is 10.1. The Morgan fingerprint density at radius 2 is 1.75 bits per heavy atom. The molecule has 0 unspecified atom stereocenters. The minimum absolute atomic E-state index is 0.339. The van der Waals surface area contributed by atoms with Crippen molar-refractivity contribution in [3.8, 4) is 0 Å². The second kappa shape index (κ2) is 5.43. The lowest BCUT2D eigenvalue weighted by Crippen LogP contribution is -2.13. The Hall–Kier alpha value is -2.20. The average Bonchev–Trinajstić information content (AvgIpc) is 2.85. The van der Waals surface area contributed by atoms with Crippen LogP contribution in [0.4, 0.5) is 8.78 Å². The maximum Gasteiger partial charge on any atom is 0.134 e. The van der Waals surface area contributed by atoms with Crippen LogP contribution >= 0.6 is 0 Å². The van der Waals surface area contributed by atoms with Crippen molar-refractivity contribution in [2.45, 2.75) is 13.1 Å². The predicted molar refractivity (Wildman–Crippen MR) is 73.1 cm³/mol. The molecule has 20 heavy (non-hydrogen) atoms. The van der Waals surface area contributed by atoms with Crippen molar-refractivity contribution in [3.63, 3.8) is 0 Å². The molecule has 1 heterocycles. The van der Waals surface area contributed by atoms with Crippen molar-refractivity contribution >= 4 is 11.0 Å². The first-order valence-corrected chi connectivity index (χ1v) is 6.34. The zero-order valence-electron chi connectivity index (χ0n) is 10.7. The van der Waals surface area contributed by atoms with Gasteiger partial charge in [-0.1, -0.05) is 24.3 Å². The minimum atomic E-state index is -0.563. The monoisotopic (exact) mass is 273 g/mol. The van der Waals surface area contributed by atoms with Crippen LogP contribution in [0.2, 0.25) is 0 Å². The summed E-state index contributed by atoms with van der Waals surface area (Å²) in [6.45, 7) is 0.902. The fourth-order valence-corrected chi connectivity index (χ4v) is 2.17. The highest BCUT2D eigenvalue weighted by Gasteiger charge is 2.06. The molecular weight excluding hydrogens is 260 g/mol. The van der Waals surface area contributed by atoms with Gasteiger partial charge in [0.1, 0.15) is 17.2 Å². The molecule has 0 spiro atoms. The van der Waals surface area contributed by atoms with Gasteiger partial charge in [-0.15, -0.1) is 0 Å². The third-order valence-corrected chi connectivity index (χ3v) is 3.21. The van der Waals surface area contributed by atoms with Crippen LogP contribution < -0.4 is 5.32 Å². The van der Waals surface area contributed by atoms with Gasteiger partial charge in [-0.3, -0.25) is 0 Å². The van der Waals surface area contributed by atoms with Crippen LogP contribution in [0.15, 0.2) is 53.1 Å². The molecule has 0 fully saturated rings. The molecule has 3 rings (SSSR count). The SMILES string of the molecule is Fc1ccc(CNCc2coc3ccccc23)c(F)c1. The molecule has 4 heteroatoms. The Labute approximate surface area is 115 Å². The summed E-state index contributed by atoms with van der Waals surface area (Å²) in [4.78, 5) is 0. The molecule has 0 aliphatic carbocycles. The van der Waals surface area contributed by atoms with Gasteiger partial charge in [0.15, 0.2) is 0 Å². The van der Waals surface area contributed by atoms with Crippen LogP contribution in [-0.4, -0.2) is 0 Å². The molecule has 0 atom stereocenters. The summed E-state index contributed by atoms with van der Waals surface area (Å²) < 4.78 is 31.7. The molecule has 0 saturated heterocycles. The van der Waals surface area contributed by atoms with Crippen molar-refractivity contribution in [3.05, 3.63) is 71.5 Å². The average molecular weight is 273 g/mol. The number of para-hydroxylation sites is 1. The van der Waals surface area contributed by atoms with Crippen molar-refractivity contribution in [2.24, 2.45) is 0 Å². The van der Waals surface area contributed by atoms with Crippen LogP contribution in [0.5, 0.6) is 0 Å². The van der Waals surface area contributed by atoms with Gasteiger partial charge in [0.05, 0.1) is 6.26 Å². The second-order valence-corrected chi connectivity index (χ2v) is 4.60. The van der Waals surface area contributed by atoms with E-state index in [1.54, 1.807) is 6.26 Å². The fourth-order valence-electron chi connectivity index (χ4n) is 2.17. The molecule has 2 aromatic carbocycles. The number of nitrogens with one attached hydrogen (secondary N) is 1. The van der Waals surface area contributed by atoms with Crippen molar-refractivity contribution in [1.29, 1.82) is 0 Å². The zero-order valence-corrected chi connectivity index (χ0v) is 10.7. The number of benzene rings is 2. The molecule has 0 bridgehead atoms. The van der Waals surface area contributed by atoms with E-state index in [4.69, 9.17) is 4.42 Å². The molecule has 0 radical (unpaired) electrons. The number of hydrogen-bond donors (Lipinski definition) is 1. The Bertz CT molecular complexity index is 736. The standard InChI is InChI=1S/C16H13F2NO/c17-13-6-5-11(15(18)7-13)8-19-9-12-10-20-16-4-2-1-3-14(12)16/h1-7,10,19H,8-9H2. The van der Waals surface area contributed by atoms with Crippen LogP contribution in [0, 0.1) is 11.6 Å². The Morgan fingerprint density at radius 1 is 0.950 bits per heavy atom. The summed E-state index contributed by atoms with van der Waals surface area (Å²) in [6.07, 6.45) is 1.69. The molecule has 0 aliphatic heterocycles. The maximum absolute atomic E-state index is 13.5. The highest BCUT2D eigenvalue weighted by Crippen LogP contribution is 2.20. The summed E-state index contributed by atoms with van der Waals surface area (Å²) in [6, 6.07) is 11.3. The van der Waals surface area contributed by atoms with Gasteiger partial charge in [-0.2, -0.15) is 0 Å². The largest absolute Gasteiger partial charge is 0.464 e. The van der Waals surface area contributed by atoms with Gasteiger partial charge in [-0.05, 0) is 12.1 Å². The zero-order chi connectivity index (χ0) is 13.9. The first-order valence-electron chi connectivity index (χ1n) is 6.34. The maximum atomic E-state index is 13.5. The van der Waals surface area contributed by atoms with E-state index in [1.807, 2.05) is 24.3 Å². The third-order valence-electron chi connectivity index (χ3n) is 3.21. The minimum Gasteiger partial charge on any atom is -0.464 e. The molecule has 3 aromatic rings. The van der Waals surface area contributed by atoms with E-state index in [0.717, 1.165) is 22.6 Å². The number of fused-ring (bicyclic) bond motifs is 1. The molecule has 0 amide bonds. The van der Waals surface area contributed by atoms with Gasteiger partial charge in [-0.25, -0.2) is 8.78 Å². The highest BCUT2D eigenvalue weighted by molar-refractivity contribution is 5.80. The van der Waals surface area contributed by atoms with Crippen molar-refractivity contribution in [2.75, 3.05) is 0 Å². The van der Waals surface area contributed by atoms with E-state index >= 15 is 0 Å². The Morgan fingerprint density at radius 3 is 2.60 bits per heavy atom. The number of hydrogen-bond acceptors (Lipinski definition) is 2. The predicted octanol–water partition coefficient (Wildman–Crippen LogP) is 4.00. The van der Waals surface area contributed by atoms with Gasteiger partial charge >= 0.3 is 0 Å². The van der Waals surface area contributed by atoms with Crippen LogP contribution in [0.25, 0.3) is 11.0 Å². The smallest absolute Gasteiger partial charge is 0.134 e. The molecule has 2 nitrogen and oxygen atoms in total. The fraction of sp³-hybridized carbons (Fsp3) is 0.125. The number of furan rings is 1. The summed E-state index contributed by atoms with van der Waals surface area (Å²) in [5.74, 6) is -1.10. The lowest BCUT2D eigenvalue weighted by Gasteiger charge is -2.05. The van der Waals surface area contributed by atoms with E-state index in [0.29, 0.717) is 18.7 Å². The quantitative estimate of drug-likeness (QED) is 0.777. The summed E-state index contributed by atoms with van der Waals surface area (Å²) in [5, 5.41) is 4.18. The molecule has 102 valence electrons. The topological polar surface area (TPSA) is 25.2 Å². The molecule has 0 aliphatic rings. The van der Waals surface area contributed by atoms with Gasteiger partial charge in [0, 0.05) is 35.7 Å². The van der Waals surface area contributed by atoms with Crippen LogP contribution in [0.3, 0.4) is 0 Å². The van der Waals surface area contributed by atoms with E-state index in [2.05, 4.69) is 5.32 Å². The Balaban J connectivity index is 1.68. The summed E-state index contributed by atoms with van der Waals surface area (Å²) in [7, 11) is 0. The molecule has 1 N–H and O–H groups in total. The first kappa shape index (κ1) is 12.8. The second-order valence-electron chi connectivity index (χ2n) is 4.60. The lowest BCUT2D eigenvalue weighted by molar-refractivity contribution is 0.558. The van der Waals surface area contributed by atoms with Gasteiger partial charge in [0.25, 0.3) is 0 Å². The Kier molecular flexibility index (Phi) is 3.48. The normalized spacial score (nSPS) is 11.1.